The molecule has 1 heterocycles. The van der Waals surface area contributed by atoms with Crippen LogP contribution in [0.1, 0.15) is 23.7 Å². The smallest absolute Gasteiger partial charge is 0.176 e. The van der Waals surface area contributed by atoms with Crippen molar-refractivity contribution in [2.75, 3.05) is 38.6 Å². The van der Waals surface area contributed by atoms with E-state index in [2.05, 4.69) is 58.7 Å². The van der Waals surface area contributed by atoms with Gasteiger partial charge in [0.15, 0.2) is 5.00 Å². The standard InChI is InChI=1S/C18H24N6S/c1-6-24(10-9-23(4)5)15-7-8-17(13(2)11-15)20-21-18-16(12-19)14(3)22-25-18/h7-8,11H,6,9-10H2,1-5H3/p+1. The van der Waals surface area contributed by atoms with E-state index in [9.17, 15) is 0 Å². The van der Waals surface area contributed by atoms with Gasteiger partial charge in [0, 0.05) is 12.2 Å². The maximum Gasteiger partial charge on any atom is 0.176 e. The van der Waals surface area contributed by atoms with Crippen LogP contribution in [0, 0.1) is 25.2 Å². The maximum absolute atomic E-state index is 9.16. The number of hydrogen-bond acceptors (Lipinski definition) is 6. The molecule has 0 radical (unpaired) electrons. The number of benzene rings is 1. The molecule has 0 saturated carbocycles. The Morgan fingerprint density at radius 3 is 2.64 bits per heavy atom. The van der Waals surface area contributed by atoms with Crippen LogP contribution in [-0.4, -0.2) is 38.1 Å². The summed E-state index contributed by atoms with van der Waals surface area (Å²) in [5, 5.41) is 18.3. The van der Waals surface area contributed by atoms with E-state index in [-0.39, 0.29) is 0 Å². The molecule has 0 spiro atoms. The van der Waals surface area contributed by atoms with Crippen LogP contribution in [0.4, 0.5) is 16.4 Å². The van der Waals surface area contributed by atoms with E-state index in [1.165, 1.54) is 22.1 Å². The number of azo groups is 1. The number of nitrogens with one attached hydrogen (secondary N) is 1. The van der Waals surface area contributed by atoms with E-state index in [1.54, 1.807) is 0 Å². The minimum Gasteiger partial charge on any atom is -0.366 e. The summed E-state index contributed by atoms with van der Waals surface area (Å²) in [5.41, 5.74) is 4.29. The molecular formula is C18H25N6S+. The van der Waals surface area contributed by atoms with Gasteiger partial charge >= 0.3 is 0 Å². The zero-order valence-corrected chi connectivity index (χ0v) is 16.3. The lowest BCUT2D eigenvalue weighted by atomic mass is 10.1. The summed E-state index contributed by atoms with van der Waals surface area (Å²) in [7, 11) is 4.33. The van der Waals surface area contributed by atoms with E-state index >= 15 is 0 Å². The van der Waals surface area contributed by atoms with Crippen molar-refractivity contribution in [3.05, 3.63) is 35.0 Å². The van der Waals surface area contributed by atoms with Gasteiger partial charge in [0.1, 0.15) is 11.6 Å². The number of quaternary nitrogens is 1. The van der Waals surface area contributed by atoms with Crippen molar-refractivity contribution in [3.8, 4) is 6.07 Å². The molecule has 6 nitrogen and oxygen atoms in total. The molecule has 1 N–H and O–H groups in total. The first-order valence-electron chi connectivity index (χ1n) is 8.39. The van der Waals surface area contributed by atoms with Gasteiger partial charge in [-0.15, -0.1) is 10.2 Å². The molecule has 0 aliphatic carbocycles. The molecule has 0 fully saturated rings. The number of nitriles is 1. The highest BCUT2D eigenvalue weighted by Crippen LogP contribution is 2.30. The van der Waals surface area contributed by atoms with Crippen molar-refractivity contribution >= 4 is 27.9 Å². The van der Waals surface area contributed by atoms with Gasteiger partial charge in [-0.05, 0) is 56.1 Å². The molecule has 25 heavy (non-hydrogen) atoms. The highest BCUT2D eigenvalue weighted by atomic mass is 32.1. The van der Waals surface area contributed by atoms with Crippen LogP contribution in [0.25, 0.3) is 0 Å². The third kappa shape index (κ3) is 4.84. The van der Waals surface area contributed by atoms with Crippen molar-refractivity contribution in [1.82, 2.24) is 4.37 Å². The summed E-state index contributed by atoms with van der Waals surface area (Å²) in [6.45, 7) is 9.10. The second-order valence-corrected chi connectivity index (χ2v) is 7.02. The van der Waals surface area contributed by atoms with Crippen LogP contribution in [0.15, 0.2) is 28.4 Å². The van der Waals surface area contributed by atoms with Crippen molar-refractivity contribution in [2.45, 2.75) is 20.8 Å². The monoisotopic (exact) mass is 357 g/mol. The number of aryl methyl sites for hydroxylation is 2. The van der Waals surface area contributed by atoms with E-state index in [0.29, 0.717) is 16.3 Å². The highest BCUT2D eigenvalue weighted by Gasteiger charge is 2.10. The van der Waals surface area contributed by atoms with Gasteiger partial charge in [-0.1, -0.05) is 0 Å². The predicted molar refractivity (Wildman–Crippen MR) is 102 cm³/mol. The summed E-state index contributed by atoms with van der Waals surface area (Å²) in [5.74, 6) is 0. The van der Waals surface area contributed by atoms with Gasteiger partial charge in [0.25, 0.3) is 0 Å². The number of hydrogen-bond donors (Lipinski definition) is 1. The van der Waals surface area contributed by atoms with Crippen molar-refractivity contribution in [1.29, 1.82) is 5.26 Å². The van der Waals surface area contributed by atoms with Crippen LogP contribution >= 0.6 is 11.5 Å². The lowest BCUT2D eigenvalue weighted by molar-refractivity contribution is -0.856. The van der Waals surface area contributed by atoms with Gasteiger partial charge in [-0.2, -0.15) is 9.64 Å². The molecular weight excluding hydrogens is 332 g/mol. The van der Waals surface area contributed by atoms with Crippen molar-refractivity contribution in [2.24, 2.45) is 10.2 Å². The van der Waals surface area contributed by atoms with Crippen LogP contribution in [0.3, 0.4) is 0 Å². The predicted octanol–water partition coefficient (Wildman–Crippen LogP) is 3.02. The third-order valence-electron chi connectivity index (χ3n) is 4.01. The summed E-state index contributed by atoms with van der Waals surface area (Å²) >= 11 is 1.20. The van der Waals surface area contributed by atoms with Gasteiger partial charge in [-0.3, -0.25) is 0 Å². The first-order valence-corrected chi connectivity index (χ1v) is 9.16. The average molecular weight is 358 g/mol. The lowest BCUT2D eigenvalue weighted by Crippen LogP contribution is -3.06. The van der Waals surface area contributed by atoms with Crippen LogP contribution < -0.4 is 9.80 Å². The average Bonchev–Trinajstić information content (AvgIpc) is 2.94. The molecule has 2 aromatic rings. The quantitative estimate of drug-likeness (QED) is 0.775. The van der Waals surface area contributed by atoms with Crippen LogP contribution in [-0.2, 0) is 0 Å². The Morgan fingerprint density at radius 2 is 2.04 bits per heavy atom. The normalized spacial score (nSPS) is 11.2. The van der Waals surface area contributed by atoms with E-state index < -0.39 is 0 Å². The number of aromatic nitrogens is 1. The second kappa shape index (κ2) is 8.70. The molecule has 0 aliphatic heterocycles. The molecule has 0 saturated heterocycles. The fourth-order valence-corrected chi connectivity index (χ4v) is 3.11. The van der Waals surface area contributed by atoms with E-state index in [4.69, 9.17) is 5.26 Å². The minimum atomic E-state index is 0.506. The second-order valence-electron chi connectivity index (χ2n) is 6.27. The Hall–Kier alpha value is -2.30. The fourth-order valence-electron chi connectivity index (χ4n) is 2.43. The number of anilines is 1. The molecule has 0 atom stereocenters. The van der Waals surface area contributed by atoms with Gasteiger partial charge in [0.2, 0.25) is 0 Å². The molecule has 132 valence electrons. The topological polar surface area (TPSA) is 69.1 Å². The van der Waals surface area contributed by atoms with Crippen molar-refractivity contribution < 1.29 is 4.90 Å². The van der Waals surface area contributed by atoms with E-state index in [0.717, 1.165) is 30.9 Å². The van der Waals surface area contributed by atoms with Gasteiger partial charge in [-0.25, -0.2) is 0 Å². The van der Waals surface area contributed by atoms with Crippen molar-refractivity contribution in [3.63, 3.8) is 0 Å². The summed E-state index contributed by atoms with van der Waals surface area (Å²) in [6.07, 6.45) is 0. The van der Waals surface area contributed by atoms with E-state index in [1.807, 2.05) is 19.9 Å². The number of rotatable bonds is 7. The third-order valence-corrected chi connectivity index (χ3v) is 4.84. The van der Waals surface area contributed by atoms with Gasteiger partial charge < -0.3 is 9.80 Å². The Bertz CT molecular complexity index is 787. The molecule has 0 aliphatic rings. The molecule has 2 rings (SSSR count). The molecule has 1 aromatic heterocycles. The Balaban J connectivity index is 2.18. The Labute approximate surface area is 153 Å². The SMILES string of the molecule is CCN(CC[NH+](C)C)c1ccc(N=Nc2snc(C)c2C#N)c(C)c1. The molecule has 0 amide bonds. The highest BCUT2D eigenvalue weighted by molar-refractivity contribution is 7.10. The fraction of sp³-hybridized carbons (Fsp3) is 0.444. The summed E-state index contributed by atoms with van der Waals surface area (Å²) < 4.78 is 4.16. The Morgan fingerprint density at radius 1 is 1.28 bits per heavy atom. The molecule has 0 unspecified atom stereocenters. The van der Waals surface area contributed by atoms with Crippen LogP contribution in [0.2, 0.25) is 0 Å². The molecule has 0 bridgehead atoms. The minimum absolute atomic E-state index is 0.506. The van der Waals surface area contributed by atoms with Crippen LogP contribution in [0.5, 0.6) is 0 Å². The first-order chi connectivity index (χ1) is 12.0. The first kappa shape index (κ1) is 19.0. The zero-order chi connectivity index (χ0) is 18.4. The lowest BCUT2D eigenvalue weighted by Gasteiger charge is -2.24. The zero-order valence-electron chi connectivity index (χ0n) is 15.5. The largest absolute Gasteiger partial charge is 0.366 e. The Kier molecular flexibility index (Phi) is 6.62. The van der Waals surface area contributed by atoms with Gasteiger partial charge in [0.05, 0.1) is 38.6 Å². The maximum atomic E-state index is 9.16. The summed E-state index contributed by atoms with van der Waals surface area (Å²) in [4.78, 5) is 3.80. The number of nitrogens with zero attached hydrogens (tertiary/aromatic N) is 5. The molecule has 1 aromatic carbocycles. The number of likely N-dealkylation sites (N-methyl/N-ethyl adjacent to an activating group) is 2. The molecule has 7 heteroatoms. The summed E-state index contributed by atoms with van der Waals surface area (Å²) in [6, 6.07) is 8.35.